The molecule has 32 nitrogen and oxygen atoms in total. The Labute approximate surface area is 512 Å². The Bertz CT molecular complexity index is 2710. The fraction of sp³-hybridized carbons (Fsp3) is 0.782. The fourth-order valence-corrected chi connectivity index (χ4v) is 11.1. The van der Waals surface area contributed by atoms with Crippen LogP contribution in [0.2, 0.25) is 0 Å². The van der Waals surface area contributed by atoms with Crippen LogP contribution in [0.3, 0.4) is 0 Å². The number of para-hydroxylation sites is 1. The minimum atomic E-state index is -4.77. The molecule has 0 aromatic heterocycles. The van der Waals surface area contributed by atoms with Crippen LogP contribution in [0, 0.1) is 10.1 Å². The normalized spacial score (nSPS) is 26.7. The highest BCUT2D eigenvalue weighted by atomic mass is 32.2. The van der Waals surface area contributed by atoms with Gasteiger partial charge in [0.1, 0.15) is 58.0 Å². The summed E-state index contributed by atoms with van der Waals surface area (Å²) < 4.78 is 82.0. The maximum Gasteiger partial charge on any atom is 0.429 e. The summed E-state index contributed by atoms with van der Waals surface area (Å²) in [4.78, 5) is 93.2. The van der Waals surface area contributed by atoms with Crippen LogP contribution in [0.15, 0.2) is 29.2 Å². The Hall–Kier alpha value is -6.01. The smallest absolute Gasteiger partial charge is 0.429 e. The summed E-state index contributed by atoms with van der Waals surface area (Å²) in [7, 11) is -3.53. The second kappa shape index (κ2) is 29.3. The van der Waals surface area contributed by atoms with E-state index in [1.54, 1.807) is 62.3 Å². The molecule has 88 heavy (non-hydrogen) atoms. The first kappa shape index (κ1) is 74.5. The van der Waals surface area contributed by atoms with Crippen LogP contribution in [0.1, 0.15) is 130 Å². The Morgan fingerprint density at radius 2 is 1.22 bits per heavy atom. The number of alkyl carbamates (subject to hydrolysis) is 2. The minimum absolute atomic E-state index is 0.0537. The van der Waals surface area contributed by atoms with Crippen LogP contribution >= 0.6 is 0 Å². The monoisotopic (exact) mass is 1280 g/mol. The molecule has 1 saturated carbocycles. The van der Waals surface area contributed by atoms with Crippen LogP contribution < -0.4 is 21.4 Å². The molecule has 9 N–H and O–H groups in total. The van der Waals surface area contributed by atoms with Crippen molar-refractivity contribution in [3.8, 4) is 0 Å². The van der Waals surface area contributed by atoms with E-state index in [4.69, 9.17) is 42.6 Å². The second-order valence-corrected chi connectivity index (χ2v) is 28.8. The Morgan fingerprint density at radius 3 is 1.74 bits per heavy atom. The van der Waals surface area contributed by atoms with Crippen molar-refractivity contribution < 1.29 is 110 Å². The number of ether oxygens (including phenoxy) is 9. The molecule has 0 bridgehead atoms. The van der Waals surface area contributed by atoms with Gasteiger partial charge in [-0.3, -0.25) is 14.9 Å². The van der Waals surface area contributed by atoms with Crippen LogP contribution in [-0.2, 0) is 57.4 Å². The number of nitro groups is 1. The maximum atomic E-state index is 14.4. The van der Waals surface area contributed by atoms with E-state index in [2.05, 4.69) is 21.4 Å². The molecular formula is C55H92N8O24S. The number of hydrogen-bond donors (Lipinski definition) is 9. The van der Waals surface area contributed by atoms with Crippen molar-refractivity contribution in [2.75, 3.05) is 39.9 Å². The zero-order valence-electron chi connectivity index (χ0n) is 53.1. The standard InChI is InChI=1S/C55H92N8O24S/c1-50(2,3)83-45(69)57-31-23-22-30(27-61(24-25-64)88(77,78)36-21-19-18-20-34(36)63(75)76)80-43(31)81-40-33(58-46(70)84-51(4,5)6)26-32(56-42(68)35(65)28-62(49(73)87-54(13,14)15)59-47(71)85-52(7,8)9)39(37(40)66)82-44-38(67)41(55(16,74)29-79-44)60(17)48(72)86-53(10,11)12/h18-21,30-33,35,37-41,43-44,64-67,74H,22-29H2,1-17H3,(H,56,68)(H,57,69)(H,58,70)(H,59,71)/t30-,31+,32+,33-,35-,37-,38+,39-,40+,41+,43+,44+,55-/m0/s1. The topological polar surface area (TPSA) is 422 Å². The largest absolute Gasteiger partial charge is 0.444 e. The lowest BCUT2D eigenvalue weighted by atomic mass is 9.82. The van der Waals surface area contributed by atoms with Gasteiger partial charge in [0.05, 0.1) is 55.0 Å². The zero-order valence-corrected chi connectivity index (χ0v) is 53.9. The number of aliphatic hydroxyl groups excluding tert-OH is 4. The molecule has 3 fully saturated rings. The number of hydrazine groups is 1. The predicted molar refractivity (Wildman–Crippen MR) is 308 cm³/mol. The molecule has 13 atom stereocenters. The molecule has 4 rings (SSSR count). The van der Waals surface area contributed by atoms with Gasteiger partial charge in [-0.1, -0.05) is 12.1 Å². The van der Waals surface area contributed by atoms with Crippen molar-refractivity contribution in [1.29, 1.82) is 0 Å². The molecular weight excluding hydrogens is 1190 g/mol. The van der Waals surface area contributed by atoms with Gasteiger partial charge < -0.3 is 89.0 Å². The summed E-state index contributed by atoms with van der Waals surface area (Å²) in [6, 6.07) is -1.44. The summed E-state index contributed by atoms with van der Waals surface area (Å²) in [5, 5.41) is 78.8. The first-order valence-electron chi connectivity index (χ1n) is 28.6. The van der Waals surface area contributed by atoms with E-state index in [1.807, 2.05) is 0 Å². The predicted octanol–water partition coefficient (Wildman–Crippen LogP) is 2.63. The quantitative estimate of drug-likeness (QED) is 0.0579. The van der Waals surface area contributed by atoms with Crippen LogP contribution in [-0.4, -0.2) is 236 Å². The van der Waals surface area contributed by atoms with Gasteiger partial charge in [0.25, 0.3) is 11.6 Å². The van der Waals surface area contributed by atoms with Gasteiger partial charge in [-0.15, -0.1) is 0 Å². The summed E-state index contributed by atoms with van der Waals surface area (Å²) >= 11 is 0. The van der Waals surface area contributed by atoms with Crippen LogP contribution in [0.4, 0.5) is 29.7 Å². The van der Waals surface area contributed by atoms with E-state index >= 15 is 0 Å². The molecule has 0 spiro atoms. The highest BCUT2D eigenvalue weighted by Crippen LogP contribution is 2.36. The average Bonchev–Trinajstić information content (AvgIpc) is 0.802. The summed E-state index contributed by atoms with van der Waals surface area (Å²) in [5.74, 6) is -1.31. The third kappa shape index (κ3) is 22.2. The van der Waals surface area contributed by atoms with Gasteiger partial charge in [-0.2, -0.15) is 4.31 Å². The lowest BCUT2D eigenvalue weighted by Gasteiger charge is -2.51. The third-order valence-corrected chi connectivity index (χ3v) is 14.9. The van der Waals surface area contributed by atoms with Crippen molar-refractivity contribution in [3.63, 3.8) is 0 Å². The number of nitrogens with one attached hydrogen (secondary N) is 4. The first-order chi connectivity index (χ1) is 40.1. The van der Waals surface area contributed by atoms with Crippen molar-refractivity contribution in [2.24, 2.45) is 0 Å². The Kier molecular flexibility index (Phi) is 24.8. The lowest BCUT2D eigenvalue weighted by molar-refractivity contribution is -0.387. The van der Waals surface area contributed by atoms with Gasteiger partial charge in [0.2, 0.25) is 10.0 Å². The highest BCUT2D eigenvalue weighted by molar-refractivity contribution is 7.89. The number of sulfonamides is 1. The van der Waals surface area contributed by atoms with E-state index in [0.717, 1.165) is 21.3 Å². The van der Waals surface area contributed by atoms with E-state index in [0.29, 0.717) is 5.01 Å². The molecule has 6 amide bonds. The molecule has 1 aromatic carbocycles. The zero-order chi connectivity index (χ0) is 67.0. The summed E-state index contributed by atoms with van der Waals surface area (Å²) in [6.07, 6.45) is -21.3. The number of carbonyl (C=O) groups excluding carboxylic acids is 6. The van der Waals surface area contributed by atoms with Gasteiger partial charge >= 0.3 is 30.5 Å². The van der Waals surface area contributed by atoms with Gasteiger partial charge in [-0.25, -0.2) is 42.8 Å². The Morgan fingerprint density at radius 1 is 0.727 bits per heavy atom. The molecule has 502 valence electrons. The number of likely N-dealkylation sites (N-methyl/N-ethyl adjacent to an activating group) is 1. The maximum absolute atomic E-state index is 14.4. The van der Waals surface area contributed by atoms with E-state index in [-0.39, 0.29) is 12.8 Å². The van der Waals surface area contributed by atoms with E-state index < -0.39 is 208 Å². The van der Waals surface area contributed by atoms with E-state index in [9.17, 15) is 72.8 Å². The molecule has 3 aliphatic rings. The number of carbonyl (C=O) groups is 6. The number of benzene rings is 1. The molecule has 33 heteroatoms. The highest BCUT2D eigenvalue weighted by Gasteiger charge is 2.56. The molecule has 1 aromatic rings. The van der Waals surface area contributed by atoms with Crippen molar-refractivity contribution in [2.45, 2.75) is 242 Å². The number of hydrogen-bond acceptors (Lipinski definition) is 24. The molecule has 2 saturated heterocycles. The first-order valence-corrected chi connectivity index (χ1v) is 30.0. The molecule has 0 unspecified atom stereocenters. The van der Waals surface area contributed by atoms with Crippen LogP contribution in [0.5, 0.6) is 0 Å². The third-order valence-electron chi connectivity index (χ3n) is 13.0. The lowest BCUT2D eigenvalue weighted by Crippen LogP contribution is -2.71. The average molecular weight is 1280 g/mol. The van der Waals surface area contributed by atoms with Gasteiger partial charge in [0.15, 0.2) is 23.6 Å². The molecule has 2 aliphatic heterocycles. The number of rotatable bonds is 18. The Balaban J connectivity index is 1.90. The van der Waals surface area contributed by atoms with Crippen molar-refractivity contribution >= 4 is 52.1 Å². The second-order valence-electron chi connectivity index (χ2n) is 26.8. The van der Waals surface area contributed by atoms with Gasteiger partial charge in [0, 0.05) is 26.2 Å². The summed E-state index contributed by atoms with van der Waals surface area (Å²) in [6.45, 7) is 21.0. The van der Waals surface area contributed by atoms with Crippen molar-refractivity contribution in [3.05, 3.63) is 34.4 Å². The SMILES string of the molecule is CN(C(=O)OC(C)(C)C)[C@@H]1[C@@H](O)[C@@H](O[C@@H]2[C@H](O)[C@H](O[C@H]3O[C@H](CN(CCO)S(=O)(=O)c4ccccc4[N+](=O)[O-])CC[C@H]3NC(=O)OC(C)(C)C)[C@@H](NC(=O)OC(C)(C)C)C[C@H]2NC(=O)[C@@H](O)CN(NC(=O)OC(C)(C)C)C(=O)OC(C)(C)C)OC[C@]1(C)O. The molecule has 2 heterocycles. The number of nitro benzene ring substituents is 1. The minimum Gasteiger partial charge on any atom is -0.444 e. The fourth-order valence-electron chi connectivity index (χ4n) is 9.53. The number of amides is 6. The molecule has 0 radical (unpaired) electrons. The number of nitrogens with zero attached hydrogens (tertiary/aromatic N) is 4. The van der Waals surface area contributed by atoms with Crippen LogP contribution in [0.25, 0.3) is 0 Å². The number of aliphatic hydroxyl groups is 5. The van der Waals surface area contributed by atoms with Crippen molar-refractivity contribution in [1.82, 2.24) is 35.6 Å². The molecule has 1 aliphatic carbocycles. The van der Waals surface area contributed by atoms with Gasteiger partial charge in [-0.05, 0) is 136 Å². The van der Waals surface area contributed by atoms with E-state index in [1.165, 1.54) is 67.6 Å². The summed E-state index contributed by atoms with van der Waals surface area (Å²) in [5.41, 5.74) is -6.13.